The van der Waals surface area contributed by atoms with Gasteiger partial charge in [0.2, 0.25) is 0 Å². The molecule has 1 atom stereocenters. The van der Waals surface area contributed by atoms with Gasteiger partial charge in [-0.05, 0) is 17.7 Å². The Hall–Kier alpha value is -0.480. The lowest BCUT2D eigenvalue weighted by molar-refractivity contribution is 0.473. The molecule has 5 heteroatoms. The molecule has 0 aromatic heterocycles. The molecular weight excluding hydrogens is 211 g/mol. The molecule has 1 aromatic carbocycles. The van der Waals surface area contributed by atoms with Crippen LogP contribution in [0.5, 0.6) is 5.75 Å². The summed E-state index contributed by atoms with van der Waals surface area (Å²) in [6.07, 6.45) is 0. The predicted molar refractivity (Wildman–Crippen MR) is 58.6 cm³/mol. The highest BCUT2D eigenvalue weighted by atomic mass is 35.5. The molecule has 0 saturated heterocycles. The van der Waals surface area contributed by atoms with E-state index < -0.39 is 0 Å². The van der Waals surface area contributed by atoms with Gasteiger partial charge in [-0.15, -0.1) is 24.8 Å². The molecule has 13 heavy (non-hydrogen) atoms. The summed E-state index contributed by atoms with van der Waals surface area (Å²) in [4.78, 5) is 0. The van der Waals surface area contributed by atoms with Crippen molar-refractivity contribution in [2.24, 2.45) is 11.5 Å². The number of hydrogen-bond acceptors (Lipinski definition) is 3. The van der Waals surface area contributed by atoms with Crippen LogP contribution in [0.3, 0.4) is 0 Å². The average Bonchev–Trinajstić information content (AvgIpc) is 2.03. The minimum absolute atomic E-state index is 0. The third-order valence-corrected chi connectivity index (χ3v) is 1.55. The molecule has 0 saturated carbocycles. The third-order valence-electron chi connectivity index (χ3n) is 1.55. The van der Waals surface area contributed by atoms with E-state index >= 15 is 0 Å². The highest BCUT2D eigenvalue weighted by Gasteiger charge is 2.02. The normalized spacial score (nSPS) is 10.9. The number of rotatable bonds is 2. The summed E-state index contributed by atoms with van der Waals surface area (Å²) >= 11 is 0. The van der Waals surface area contributed by atoms with E-state index in [1.807, 2.05) is 6.07 Å². The molecule has 0 amide bonds. The summed E-state index contributed by atoms with van der Waals surface area (Å²) < 4.78 is 0. The van der Waals surface area contributed by atoms with E-state index in [1.165, 1.54) is 0 Å². The van der Waals surface area contributed by atoms with Crippen LogP contribution in [-0.4, -0.2) is 11.7 Å². The minimum atomic E-state index is -0.179. The predicted octanol–water partition coefficient (Wildman–Crippen LogP) is 1.19. The van der Waals surface area contributed by atoms with Crippen molar-refractivity contribution in [1.29, 1.82) is 0 Å². The molecule has 0 spiro atoms. The van der Waals surface area contributed by atoms with Gasteiger partial charge in [0.15, 0.2) is 0 Å². The lowest BCUT2D eigenvalue weighted by atomic mass is 10.1. The van der Waals surface area contributed by atoms with Gasteiger partial charge in [0, 0.05) is 12.6 Å². The van der Waals surface area contributed by atoms with Crippen molar-refractivity contribution in [2.75, 3.05) is 6.54 Å². The molecule has 0 heterocycles. The van der Waals surface area contributed by atoms with Crippen molar-refractivity contribution < 1.29 is 5.11 Å². The lowest BCUT2D eigenvalue weighted by Gasteiger charge is -2.08. The average molecular weight is 225 g/mol. The van der Waals surface area contributed by atoms with E-state index in [4.69, 9.17) is 16.6 Å². The van der Waals surface area contributed by atoms with Crippen molar-refractivity contribution in [3.8, 4) is 5.75 Å². The number of halogens is 2. The van der Waals surface area contributed by atoms with E-state index in [-0.39, 0.29) is 36.6 Å². The molecule has 76 valence electrons. The van der Waals surface area contributed by atoms with Crippen LogP contribution in [0.4, 0.5) is 0 Å². The van der Waals surface area contributed by atoms with Crippen LogP contribution in [-0.2, 0) is 0 Å². The standard InChI is InChI=1S/C8H12N2O.2ClH/c9-5-8(10)6-2-1-3-7(11)4-6;;/h1-4,8,11H,5,9-10H2;2*1H. The Bertz CT molecular complexity index is 245. The molecular formula is C8H14Cl2N2O. The first kappa shape index (κ1) is 15.0. The van der Waals surface area contributed by atoms with Crippen molar-refractivity contribution in [1.82, 2.24) is 0 Å². The molecule has 1 aromatic rings. The molecule has 0 bridgehead atoms. The fourth-order valence-corrected chi connectivity index (χ4v) is 0.892. The summed E-state index contributed by atoms with van der Waals surface area (Å²) in [5, 5.41) is 9.06. The zero-order valence-electron chi connectivity index (χ0n) is 7.01. The Morgan fingerprint density at radius 1 is 1.31 bits per heavy atom. The topological polar surface area (TPSA) is 72.3 Å². The second-order valence-corrected chi connectivity index (χ2v) is 2.44. The third kappa shape index (κ3) is 4.33. The van der Waals surface area contributed by atoms with Crippen LogP contribution in [0.2, 0.25) is 0 Å². The van der Waals surface area contributed by atoms with Crippen molar-refractivity contribution in [3.63, 3.8) is 0 Å². The summed E-state index contributed by atoms with van der Waals surface area (Å²) in [5.74, 6) is 0.228. The summed E-state index contributed by atoms with van der Waals surface area (Å²) in [6.45, 7) is 0.392. The summed E-state index contributed by atoms with van der Waals surface area (Å²) in [6, 6.07) is 6.64. The Balaban J connectivity index is 0. The molecule has 0 aliphatic rings. The van der Waals surface area contributed by atoms with Gasteiger partial charge in [0.05, 0.1) is 0 Å². The number of phenolic OH excluding ortho intramolecular Hbond substituents is 1. The van der Waals surface area contributed by atoms with Crippen molar-refractivity contribution in [2.45, 2.75) is 6.04 Å². The first-order valence-electron chi connectivity index (χ1n) is 3.48. The maximum absolute atomic E-state index is 9.06. The molecule has 1 rings (SSSR count). The fourth-order valence-electron chi connectivity index (χ4n) is 0.892. The number of benzene rings is 1. The highest BCUT2D eigenvalue weighted by Crippen LogP contribution is 2.15. The smallest absolute Gasteiger partial charge is 0.115 e. The maximum Gasteiger partial charge on any atom is 0.115 e. The summed E-state index contributed by atoms with van der Waals surface area (Å²) in [7, 11) is 0. The molecule has 0 aliphatic heterocycles. The van der Waals surface area contributed by atoms with Crippen LogP contribution >= 0.6 is 24.8 Å². The SMILES string of the molecule is Cl.Cl.NCC(N)c1cccc(O)c1. The molecule has 0 aliphatic carbocycles. The largest absolute Gasteiger partial charge is 0.508 e. The highest BCUT2D eigenvalue weighted by molar-refractivity contribution is 5.85. The van der Waals surface area contributed by atoms with Gasteiger partial charge in [-0.3, -0.25) is 0 Å². The first-order chi connectivity index (χ1) is 5.24. The Kier molecular flexibility index (Phi) is 8.05. The Morgan fingerprint density at radius 2 is 1.92 bits per heavy atom. The zero-order chi connectivity index (χ0) is 8.27. The minimum Gasteiger partial charge on any atom is -0.508 e. The fraction of sp³-hybridized carbons (Fsp3) is 0.250. The van der Waals surface area contributed by atoms with Crippen molar-refractivity contribution in [3.05, 3.63) is 29.8 Å². The van der Waals surface area contributed by atoms with Crippen LogP contribution in [0.25, 0.3) is 0 Å². The Morgan fingerprint density at radius 3 is 2.38 bits per heavy atom. The number of hydrogen-bond donors (Lipinski definition) is 3. The van der Waals surface area contributed by atoms with Gasteiger partial charge in [-0.2, -0.15) is 0 Å². The number of aromatic hydroxyl groups is 1. The van der Waals surface area contributed by atoms with Gasteiger partial charge in [0.25, 0.3) is 0 Å². The van der Waals surface area contributed by atoms with E-state index in [9.17, 15) is 0 Å². The molecule has 0 fully saturated rings. The Labute approximate surface area is 89.9 Å². The molecule has 5 N–H and O–H groups in total. The first-order valence-corrected chi connectivity index (χ1v) is 3.48. The van der Waals surface area contributed by atoms with E-state index in [2.05, 4.69) is 0 Å². The monoisotopic (exact) mass is 224 g/mol. The van der Waals surface area contributed by atoms with Gasteiger partial charge in [-0.25, -0.2) is 0 Å². The van der Waals surface area contributed by atoms with E-state index in [1.54, 1.807) is 18.2 Å². The maximum atomic E-state index is 9.06. The second kappa shape index (κ2) is 6.97. The second-order valence-electron chi connectivity index (χ2n) is 2.44. The number of nitrogens with two attached hydrogens (primary N) is 2. The van der Waals surface area contributed by atoms with Gasteiger partial charge < -0.3 is 16.6 Å². The quantitative estimate of drug-likeness (QED) is 0.707. The molecule has 0 radical (unpaired) electrons. The lowest BCUT2D eigenvalue weighted by Crippen LogP contribution is -2.20. The van der Waals surface area contributed by atoms with Crippen LogP contribution in [0.15, 0.2) is 24.3 Å². The molecule has 1 unspecified atom stereocenters. The zero-order valence-corrected chi connectivity index (χ0v) is 8.65. The van der Waals surface area contributed by atoms with Gasteiger partial charge in [0.1, 0.15) is 5.75 Å². The van der Waals surface area contributed by atoms with Gasteiger partial charge in [-0.1, -0.05) is 12.1 Å². The van der Waals surface area contributed by atoms with E-state index in [0.717, 1.165) is 5.56 Å². The van der Waals surface area contributed by atoms with Crippen LogP contribution in [0.1, 0.15) is 11.6 Å². The number of phenols is 1. The molecule has 3 nitrogen and oxygen atoms in total. The van der Waals surface area contributed by atoms with Gasteiger partial charge >= 0.3 is 0 Å². The van der Waals surface area contributed by atoms with Crippen LogP contribution < -0.4 is 11.5 Å². The van der Waals surface area contributed by atoms with Crippen LogP contribution in [0, 0.1) is 0 Å². The van der Waals surface area contributed by atoms with E-state index in [0.29, 0.717) is 6.54 Å². The summed E-state index contributed by atoms with van der Waals surface area (Å²) in [5.41, 5.74) is 11.8. The van der Waals surface area contributed by atoms with Crippen molar-refractivity contribution >= 4 is 24.8 Å².